The average molecular weight is 489 g/mol. The largest absolute Gasteiger partial charge is 0.356 e. The van der Waals surface area contributed by atoms with Crippen LogP contribution in [0, 0.1) is 0 Å². The lowest BCUT2D eigenvalue weighted by Crippen LogP contribution is -2.43. The molecule has 3 N–H and O–H groups in total. The van der Waals surface area contributed by atoms with Gasteiger partial charge in [-0.15, -0.1) is 24.0 Å². The van der Waals surface area contributed by atoms with Gasteiger partial charge in [-0.1, -0.05) is 74.5 Å². The van der Waals surface area contributed by atoms with Crippen molar-refractivity contribution in [2.75, 3.05) is 13.6 Å². The third-order valence-electron chi connectivity index (χ3n) is 4.61. The number of benzene rings is 2. The van der Waals surface area contributed by atoms with Crippen molar-refractivity contribution in [3.8, 4) is 11.3 Å². The fraction of sp³-hybridized carbons (Fsp3) is 0.273. The number of guanidine groups is 1. The molecule has 0 spiro atoms. The number of nitrogens with one attached hydrogen (secondary N) is 3. The summed E-state index contributed by atoms with van der Waals surface area (Å²) < 4.78 is 0. The summed E-state index contributed by atoms with van der Waals surface area (Å²) in [6, 6.07) is 20.7. The Bertz CT molecular complexity index is 872. The first kappa shape index (κ1) is 21.9. The summed E-state index contributed by atoms with van der Waals surface area (Å²) in [5.74, 6) is 1.63. The van der Waals surface area contributed by atoms with Gasteiger partial charge in [0.05, 0.1) is 18.4 Å². The van der Waals surface area contributed by atoms with E-state index >= 15 is 0 Å². The molecule has 148 valence electrons. The molecule has 28 heavy (non-hydrogen) atoms. The van der Waals surface area contributed by atoms with E-state index in [4.69, 9.17) is 0 Å². The summed E-state index contributed by atoms with van der Waals surface area (Å²) in [6.07, 6.45) is 1.86. The minimum atomic E-state index is 0. The molecule has 0 saturated heterocycles. The maximum atomic E-state index is 4.45. The van der Waals surface area contributed by atoms with E-state index in [1.54, 1.807) is 7.05 Å². The molecule has 1 aromatic heterocycles. The van der Waals surface area contributed by atoms with Crippen molar-refractivity contribution in [3.05, 3.63) is 78.2 Å². The first-order valence-corrected chi connectivity index (χ1v) is 9.18. The first-order valence-electron chi connectivity index (χ1n) is 9.18. The maximum absolute atomic E-state index is 4.45. The predicted molar refractivity (Wildman–Crippen MR) is 127 cm³/mol. The van der Waals surface area contributed by atoms with E-state index < -0.39 is 0 Å². The molecule has 3 rings (SSSR count). The lowest BCUT2D eigenvalue weighted by molar-refractivity contribution is 0.508. The van der Waals surface area contributed by atoms with Crippen LogP contribution < -0.4 is 10.6 Å². The lowest BCUT2D eigenvalue weighted by Gasteiger charge is -2.26. The van der Waals surface area contributed by atoms with Gasteiger partial charge in [-0.05, 0) is 11.1 Å². The Hall–Kier alpha value is -2.35. The molecule has 3 aromatic rings. The minimum absolute atomic E-state index is 0. The third kappa shape index (κ3) is 5.82. The number of hydrogen-bond acceptors (Lipinski definition) is 2. The van der Waals surface area contributed by atoms with Crippen LogP contribution in [0.4, 0.5) is 0 Å². The highest BCUT2D eigenvalue weighted by Crippen LogP contribution is 2.21. The fourth-order valence-corrected chi connectivity index (χ4v) is 2.90. The van der Waals surface area contributed by atoms with E-state index in [9.17, 15) is 0 Å². The Kier molecular flexibility index (Phi) is 8.04. The molecule has 0 atom stereocenters. The summed E-state index contributed by atoms with van der Waals surface area (Å²) in [5.41, 5.74) is 3.44. The van der Waals surface area contributed by atoms with E-state index in [0.717, 1.165) is 29.6 Å². The van der Waals surface area contributed by atoms with Gasteiger partial charge in [0.15, 0.2) is 5.96 Å². The number of aromatic amines is 1. The molecule has 0 bridgehead atoms. The van der Waals surface area contributed by atoms with Gasteiger partial charge in [-0.25, -0.2) is 4.98 Å². The Labute approximate surface area is 184 Å². The number of aliphatic imine (C=N–C) groups is 1. The standard InChI is InChI=1S/C22H27N5.HI/c1-22(2,18-12-8-5-9-13-18)16-26-21(23-3)25-15-20-24-14-19(27-20)17-10-6-4-7-11-17;/h4-14H,15-16H2,1-3H3,(H,24,27)(H2,23,25,26);1H. The van der Waals surface area contributed by atoms with Gasteiger partial charge in [0.1, 0.15) is 5.82 Å². The van der Waals surface area contributed by atoms with Crippen LogP contribution in [0.1, 0.15) is 25.2 Å². The number of nitrogens with zero attached hydrogens (tertiary/aromatic N) is 2. The molecule has 0 aliphatic rings. The number of aromatic nitrogens is 2. The van der Waals surface area contributed by atoms with Crippen molar-refractivity contribution in [1.82, 2.24) is 20.6 Å². The SMILES string of the molecule is CN=C(NCc1ncc(-c2ccccc2)[nH]1)NCC(C)(C)c1ccccc1.I. The fourth-order valence-electron chi connectivity index (χ4n) is 2.90. The molecule has 0 radical (unpaired) electrons. The van der Waals surface area contributed by atoms with E-state index in [-0.39, 0.29) is 29.4 Å². The van der Waals surface area contributed by atoms with Crippen LogP contribution in [0.25, 0.3) is 11.3 Å². The third-order valence-corrected chi connectivity index (χ3v) is 4.61. The van der Waals surface area contributed by atoms with E-state index in [0.29, 0.717) is 6.54 Å². The van der Waals surface area contributed by atoms with Crippen LogP contribution >= 0.6 is 24.0 Å². The van der Waals surface area contributed by atoms with Gasteiger partial charge in [0, 0.05) is 19.0 Å². The number of rotatable bonds is 6. The normalized spacial score (nSPS) is 11.6. The van der Waals surface area contributed by atoms with Crippen LogP contribution in [0.3, 0.4) is 0 Å². The number of hydrogen-bond donors (Lipinski definition) is 3. The molecule has 0 fully saturated rings. The van der Waals surface area contributed by atoms with E-state index in [1.165, 1.54) is 5.56 Å². The number of imidazole rings is 1. The maximum Gasteiger partial charge on any atom is 0.191 e. The van der Waals surface area contributed by atoms with Crippen LogP contribution in [0.5, 0.6) is 0 Å². The molecule has 0 amide bonds. The second-order valence-corrected chi connectivity index (χ2v) is 7.14. The zero-order chi connectivity index (χ0) is 19.1. The van der Waals surface area contributed by atoms with Crippen molar-refractivity contribution in [2.24, 2.45) is 4.99 Å². The van der Waals surface area contributed by atoms with Gasteiger partial charge in [0.25, 0.3) is 0 Å². The van der Waals surface area contributed by atoms with E-state index in [2.05, 4.69) is 75.8 Å². The minimum Gasteiger partial charge on any atom is -0.356 e. The molecule has 5 nitrogen and oxygen atoms in total. The molecule has 0 aliphatic heterocycles. The highest BCUT2D eigenvalue weighted by atomic mass is 127. The quantitative estimate of drug-likeness (QED) is 0.274. The second-order valence-electron chi connectivity index (χ2n) is 7.14. The van der Waals surface area contributed by atoms with Crippen molar-refractivity contribution in [1.29, 1.82) is 0 Å². The van der Waals surface area contributed by atoms with Crippen molar-refractivity contribution in [2.45, 2.75) is 25.8 Å². The zero-order valence-electron chi connectivity index (χ0n) is 16.6. The van der Waals surface area contributed by atoms with Gasteiger partial charge < -0.3 is 15.6 Å². The molecule has 0 unspecified atom stereocenters. The molecule has 0 aliphatic carbocycles. The van der Waals surface area contributed by atoms with Crippen molar-refractivity contribution < 1.29 is 0 Å². The summed E-state index contributed by atoms with van der Waals surface area (Å²) in [7, 11) is 1.78. The van der Waals surface area contributed by atoms with Crippen molar-refractivity contribution in [3.63, 3.8) is 0 Å². The smallest absolute Gasteiger partial charge is 0.191 e. The Morgan fingerprint density at radius 2 is 1.64 bits per heavy atom. The van der Waals surface area contributed by atoms with Crippen LogP contribution in [-0.4, -0.2) is 29.5 Å². The topological polar surface area (TPSA) is 65.1 Å². The van der Waals surface area contributed by atoms with Crippen LogP contribution in [0.2, 0.25) is 0 Å². The summed E-state index contributed by atoms with van der Waals surface area (Å²) in [5, 5.41) is 6.73. The Balaban J connectivity index is 0.00000280. The van der Waals surface area contributed by atoms with Crippen LogP contribution in [0.15, 0.2) is 71.9 Å². The van der Waals surface area contributed by atoms with Crippen molar-refractivity contribution >= 4 is 29.9 Å². The molecule has 1 heterocycles. The molecule has 6 heteroatoms. The first-order chi connectivity index (χ1) is 13.1. The Morgan fingerprint density at radius 3 is 2.29 bits per heavy atom. The van der Waals surface area contributed by atoms with Crippen LogP contribution in [-0.2, 0) is 12.0 Å². The summed E-state index contributed by atoms with van der Waals surface area (Å²) >= 11 is 0. The average Bonchev–Trinajstić information content (AvgIpc) is 3.18. The van der Waals surface area contributed by atoms with Gasteiger partial charge in [-0.2, -0.15) is 0 Å². The lowest BCUT2D eigenvalue weighted by atomic mass is 9.85. The molecular weight excluding hydrogens is 461 g/mol. The van der Waals surface area contributed by atoms with Gasteiger partial charge >= 0.3 is 0 Å². The Morgan fingerprint density at radius 1 is 1.00 bits per heavy atom. The molecular formula is C22H28IN5. The highest BCUT2D eigenvalue weighted by Gasteiger charge is 2.20. The number of H-pyrrole nitrogens is 1. The second kappa shape index (κ2) is 10.3. The highest BCUT2D eigenvalue weighted by molar-refractivity contribution is 14.0. The van der Waals surface area contributed by atoms with E-state index in [1.807, 2.05) is 30.5 Å². The predicted octanol–water partition coefficient (Wildman–Crippen LogP) is 4.34. The summed E-state index contributed by atoms with van der Waals surface area (Å²) in [4.78, 5) is 12.1. The van der Waals surface area contributed by atoms with Gasteiger partial charge in [0.2, 0.25) is 0 Å². The van der Waals surface area contributed by atoms with Gasteiger partial charge in [-0.3, -0.25) is 4.99 Å². The monoisotopic (exact) mass is 489 g/mol. The molecule has 0 saturated carbocycles. The summed E-state index contributed by atoms with van der Waals surface area (Å²) in [6.45, 7) is 5.81. The zero-order valence-corrected chi connectivity index (χ0v) is 18.9. The molecule has 2 aromatic carbocycles. The number of halogens is 1.